The maximum atomic E-state index is 14.2. The topological polar surface area (TPSA) is 52.4 Å². The van der Waals surface area contributed by atoms with Crippen LogP contribution in [0.25, 0.3) is 11.3 Å². The molecule has 2 fully saturated rings. The van der Waals surface area contributed by atoms with E-state index in [-0.39, 0.29) is 30.4 Å². The molecule has 4 heterocycles. The van der Waals surface area contributed by atoms with E-state index in [9.17, 15) is 4.39 Å². The molecule has 1 aromatic carbocycles. The number of ether oxygens (including phenoxy) is 2. The summed E-state index contributed by atoms with van der Waals surface area (Å²) in [6, 6.07) is 7.41. The summed E-state index contributed by atoms with van der Waals surface area (Å²) in [4.78, 5) is 2.50. The highest BCUT2D eigenvalue weighted by Crippen LogP contribution is 2.36. The van der Waals surface area contributed by atoms with E-state index in [1.807, 2.05) is 10.7 Å². The lowest BCUT2D eigenvalue weighted by Gasteiger charge is -2.30. The molecular formula is C18H22ClFN4O2. The number of hydrogen-bond donors (Lipinski definition) is 0. The van der Waals surface area contributed by atoms with Crippen molar-refractivity contribution in [2.75, 3.05) is 26.3 Å². The summed E-state index contributed by atoms with van der Waals surface area (Å²) in [5.74, 6) is -0.275. The second-order valence-electron chi connectivity index (χ2n) is 7.02. The van der Waals surface area contributed by atoms with E-state index in [2.05, 4.69) is 15.2 Å². The molecule has 140 valence electrons. The fraction of sp³-hybridized carbons (Fsp3) is 0.556. The minimum Gasteiger partial charge on any atom is -0.381 e. The predicted octanol–water partition coefficient (Wildman–Crippen LogP) is 2.44. The first kappa shape index (κ1) is 17.9. The standard InChI is InChI=1S/C18H21FN4O2.ClH/c19-14-4-2-1-3-13(14)18-16-11-25-17-10-22(12-5-7-24-8-6-12)9-15(17)23(16)21-20-18;/h1-4,12,15,17H,5-11H2;1H/t15-,17-;/m1./s1. The molecule has 0 radical (unpaired) electrons. The number of aromatic nitrogens is 3. The predicted molar refractivity (Wildman–Crippen MR) is 95.7 cm³/mol. The molecule has 3 aliphatic heterocycles. The Morgan fingerprint density at radius 2 is 1.92 bits per heavy atom. The number of likely N-dealkylation sites (tertiary alicyclic amines) is 1. The van der Waals surface area contributed by atoms with E-state index in [0.29, 0.717) is 23.9 Å². The molecular weight excluding hydrogens is 359 g/mol. The Balaban J connectivity index is 0.00000168. The van der Waals surface area contributed by atoms with Crippen molar-refractivity contribution in [3.05, 3.63) is 35.8 Å². The molecule has 0 spiro atoms. The molecule has 6 nitrogen and oxygen atoms in total. The van der Waals surface area contributed by atoms with Gasteiger partial charge >= 0.3 is 0 Å². The van der Waals surface area contributed by atoms with E-state index >= 15 is 0 Å². The first-order valence-corrected chi connectivity index (χ1v) is 8.93. The molecule has 1 aromatic heterocycles. The van der Waals surface area contributed by atoms with Gasteiger partial charge in [0.25, 0.3) is 0 Å². The summed E-state index contributed by atoms with van der Waals surface area (Å²) in [5.41, 5.74) is 1.96. The molecule has 0 N–H and O–H groups in total. The lowest BCUT2D eigenvalue weighted by molar-refractivity contribution is -0.00870. The van der Waals surface area contributed by atoms with Crippen molar-refractivity contribution in [1.82, 2.24) is 19.9 Å². The van der Waals surface area contributed by atoms with E-state index in [1.165, 1.54) is 6.07 Å². The van der Waals surface area contributed by atoms with Gasteiger partial charge in [0.05, 0.1) is 24.4 Å². The van der Waals surface area contributed by atoms with Gasteiger partial charge in [-0.05, 0) is 25.0 Å². The molecule has 2 aromatic rings. The average molecular weight is 381 g/mol. The van der Waals surface area contributed by atoms with Crippen LogP contribution in [-0.4, -0.2) is 58.3 Å². The molecule has 8 heteroatoms. The van der Waals surface area contributed by atoms with Crippen LogP contribution in [0.2, 0.25) is 0 Å². The number of hydrogen-bond acceptors (Lipinski definition) is 5. The van der Waals surface area contributed by atoms with Gasteiger partial charge in [0.15, 0.2) is 0 Å². The van der Waals surface area contributed by atoms with E-state index < -0.39 is 0 Å². The minimum absolute atomic E-state index is 0. The zero-order chi connectivity index (χ0) is 16.8. The van der Waals surface area contributed by atoms with Gasteiger partial charge < -0.3 is 9.47 Å². The van der Waals surface area contributed by atoms with Crippen molar-refractivity contribution in [1.29, 1.82) is 0 Å². The van der Waals surface area contributed by atoms with E-state index in [4.69, 9.17) is 9.47 Å². The Morgan fingerprint density at radius 1 is 1.12 bits per heavy atom. The Hall–Kier alpha value is -1.54. The Kier molecular flexibility index (Phi) is 4.96. The first-order valence-electron chi connectivity index (χ1n) is 8.93. The maximum Gasteiger partial charge on any atom is 0.132 e. The highest BCUT2D eigenvalue weighted by Gasteiger charge is 2.43. The van der Waals surface area contributed by atoms with Gasteiger partial charge in [0.2, 0.25) is 0 Å². The van der Waals surface area contributed by atoms with E-state index in [0.717, 1.165) is 44.8 Å². The maximum absolute atomic E-state index is 14.2. The van der Waals surface area contributed by atoms with Crippen LogP contribution in [0.1, 0.15) is 24.6 Å². The third-order valence-electron chi connectivity index (χ3n) is 5.64. The van der Waals surface area contributed by atoms with Gasteiger partial charge in [-0.3, -0.25) is 4.90 Å². The smallest absolute Gasteiger partial charge is 0.132 e. The summed E-state index contributed by atoms with van der Waals surface area (Å²) < 4.78 is 27.7. The fourth-order valence-electron chi connectivity index (χ4n) is 4.29. The number of benzene rings is 1. The van der Waals surface area contributed by atoms with Gasteiger partial charge in [0.1, 0.15) is 11.5 Å². The number of fused-ring (bicyclic) bond motifs is 3. The van der Waals surface area contributed by atoms with Crippen LogP contribution < -0.4 is 0 Å². The Morgan fingerprint density at radius 3 is 2.73 bits per heavy atom. The molecule has 0 bridgehead atoms. The average Bonchev–Trinajstić information content (AvgIpc) is 3.26. The molecule has 2 saturated heterocycles. The van der Waals surface area contributed by atoms with Crippen LogP contribution in [0.3, 0.4) is 0 Å². The second kappa shape index (κ2) is 7.23. The molecule has 0 amide bonds. The molecule has 0 saturated carbocycles. The zero-order valence-corrected chi connectivity index (χ0v) is 15.2. The van der Waals surface area contributed by atoms with Gasteiger partial charge in [-0.2, -0.15) is 0 Å². The summed E-state index contributed by atoms with van der Waals surface area (Å²) in [6.07, 6.45) is 2.28. The summed E-state index contributed by atoms with van der Waals surface area (Å²) in [7, 11) is 0. The van der Waals surface area contributed by atoms with Crippen molar-refractivity contribution >= 4 is 12.4 Å². The monoisotopic (exact) mass is 380 g/mol. The summed E-state index contributed by atoms with van der Waals surface area (Å²) >= 11 is 0. The third kappa shape index (κ3) is 2.93. The van der Waals surface area contributed by atoms with Crippen molar-refractivity contribution < 1.29 is 13.9 Å². The van der Waals surface area contributed by atoms with Crippen LogP contribution >= 0.6 is 12.4 Å². The Bertz CT molecular complexity index is 780. The quantitative estimate of drug-likeness (QED) is 0.801. The zero-order valence-electron chi connectivity index (χ0n) is 14.4. The summed E-state index contributed by atoms with van der Waals surface area (Å²) in [6.45, 7) is 3.93. The number of nitrogens with zero attached hydrogens (tertiary/aromatic N) is 4. The first-order chi connectivity index (χ1) is 12.3. The number of halogens is 2. The van der Waals surface area contributed by atoms with Crippen molar-refractivity contribution in [3.8, 4) is 11.3 Å². The molecule has 0 aliphatic carbocycles. The minimum atomic E-state index is -0.275. The lowest BCUT2D eigenvalue weighted by atomic mass is 10.1. The molecule has 0 unspecified atom stereocenters. The molecule has 3 aliphatic rings. The number of rotatable bonds is 2. The molecule has 2 atom stereocenters. The van der Waals surface area contributed by atoms with Crippen LogP contribution in [0.5, 0.6) is 0 Å². The Labute approximate surface area is 157 Å². The van der Waals surface area contributed by atoms with Gasteiger partial charge in [-0.1, -0.05) is 17.3 Å². The van der Waals surface area contributed by atoms with Crippen molar-refractivity contribution in [2.24, 2.45) is 0 Å². The third-order valence-corrected chi connectivity index (χ3v) is 5.64. The van der Waals surface area contributed by atoms with Crippen molar-refractivity contribution in [2.45, 2.75) is 37.6 Å². The lowest BCUT2D eigenvalue weighted by Crippen LogP contribution is -2.38. The van der Waals surface area contributed by atoms with Crippen LogP contribution in [0.15, 0.2) is 24.3 Å². The SMILES string of the molecule is Cl.Fc1ccccc1-c1nnn2c1CO[C@@H]1CN(C3CCOCC3)C[C@H]12. The van der Waals surface area contributed by atoms with E-state index in [1.54, 1.807) is 12.1 Å². The van der Waals surface area contributed by atoms with Gasteiger partial charge in [0, 0.05) is 37.9 Å². The van der Waals surface area contributed by atoms with Gasteiger partial charge in [-0.25, -0.2) is 9.07 Å². The second-order valence-corrected chi connectivity index (χ2v) is 7.02. The highest BCUT2D eigenvalue weighted by molar-refractivity contribution is 5.85. The van der Waals surface area contributed by atoms with Gasteiger partial charge in [-0.15, -0.1) is 17.5 Å². The molecule has 26 heavy (non-hydrogen) atoms. The molecule has 5 rings (SSSR count). The summed E-state index contributed by atoms with van der Waals surface area (Å²) in [5, 5.41) is 8.65. The fourth-order valence-corrected chi connectivity index (χ4v) is 4.29. The van der Waals surface area contributed by atoms with Crippen LogP contribution in [-0.2, 0) is 16.1 Å². The van der Waals surface area contributed by atoms with Crippen molar-refractivity contribution in [3.63, 3.8) is 0 Å². The van der Waals surface area contributed by atoms with Crippen LogP contribution in [0, 0.1) is 5.82 Å². The normalized spacial score (nSPS) is 26.2. The highest BCUT2D eigenvalue weighted by atomic mass is 35.5. The van der Waals surface area contributed by atoms with Crippen LogP contribution in [0.4, 0.5) is 4.39 Å². The largest absolute Gasteiger partial charge is 0.381 e.